The van der Waals surface area contributed by atoms with Crippen molar-refractivity contribution in [2.24, 2.45) is 0 Å². The molecule has 0 unspecified atom stereocenters. The van der Waals surface area contributed by atoms with E-state index in [-0.39, 0.29) is 11.4 Å². The van der Waals surface area contributed by atoms with E-state index >= 15 is 0 Å². The normalized spacial score (nSPS) is 10.3. The van der Waals surface area contributed by atoms with E-state index in [9.17, 15) is 13.6 Å². The van der Waals surface area contributed by atoms with Crippen LogP contribution in [0.5, 0.6) is 0 Å². The van der Waals surface area contributed by atoms with Crippen molar-refractivity contribution in [2.45, 2.75) is 6.43 Å². The minimum Gasteiger partial charge on any atom is -0.325 e. The molecule has 1 amide bonds. The van der Waals surface area contributed by atoms with Gasteiger partial charge in [-0.05, 0) is 12.1 Å². The van der Waals surface area contributed by atoms with Crippen LogP contribution in [-0.4, -0.2) is 11.8 Å². The number of rotatable bonds is 3. The van der Waals surface area contributed by atoms with E-state index in [1.165, 1.54) is 24.3 Å². The van der Waals surface area contributed by atoms with Gasteiger partial charge in [0.1, 0.15) is 5.88 Å². The average Bonchev–Trinajstić information content (AvgIpc) is 2.18. The largest absolute Gasteiger partial charge is 0.325 e. The van der Waals surface area contributed by atoms with E-state index in [1.54, 1.807) is 0 Å². The molecular formula is C9H8ClF2NO. The van der Waals surface area contributed by atoms with E-state index in [0.29, 0.717) is 5.69 Å². The lowest BCUT2D eigenvalue weighted by molar-refractivity contribution is -0.113. The molecule has 0 aromatic heterocycles. The molecule has 2 nitrogen and oxygen atoms in total. The quantitative estimate of drug-likeness (QED) is 0.779. The third-order valence-corrected chi connectivity index (χ3v) is 1.79. The van der Waals surface area contributed by atoms with Gasteiger partial charge in [0.2, 0.25) is 5.91 Å². The molecular weight excluding hydrogens is 212 g/mol. The van der Waals surface area contributed by atoms with Crippen LogP contribution >= 0.6 is 11.6 Å². The van der Waals surface area contributed by atoms with Crippen LogP contribution in [0.1, 0.15) is 12.0 Å². The highest BCUT2D eigenvalue weighted by molar-refractivity contribution is 6.29. The lowest BCUT2D eigenvalue weighted by atomic mass is 10.2. The van der Waals surface area contributed by atoms with Gasteiger partial charge < -0.3 is 5.32 Å². The van der Waals surface area contributed by atoms with Crippen LogP contribution in [0.3, 0.4) is 0 Å². The molecule has 0 saturated carbocycles. The molecule has 0 atom stereocenters. The molecule has 0 spiro atoms. The van der Waals surface area contributed by atoms with Crippen LogP contribution in [0.4, 0.5) is 14.5 Å². The predicted octanol–water partition coefficient (Wildman–Crippen LogP) is 2.80. The number of nitrogens with one attached hydrogen (secondary N) is 1. The van der Waals surface area contributed by atoms with Crippen molar-refractivity contribution in [1.29, 1.82) is 0 Å². The smallest absolute Gasteiger partial charge is 0.263 e. The van der Waals surface area contributed by atoms with Gasteiger partial charge in [-0.1, -0.05) is 12.1 Å². The van der Waals surface area contributed by atoms with Crippen molar-refractivity contribution in [2.75, 3.05) is 11.2 Å². The summed E-state index contributed by atoms with van der Waals surface area (Å²) in [4.78, 5) is 10.8. The van der Waals surface area contributed by atoms with Crippen LogP contribution in [0.15, 0.2) is 24.3 Å². The third-order valence-electron chi connectivity index (χ3n) is 1.54. The van der Waals surface area contributed by atoms with Gasteiger partial charge in [0.15, 0.2) is 0 Å². The summed E-state index contributed by atoms with van der Waals surface area (Å²) in [5, 5.41) is 2.38. The summed E-state index contributed by atoms with van der Waals surface area (Å²) in [6, 6.07) is 5.48. The van der Waals surface area contributed by atoms with E-state index in [0.717, 1.165) is 0 Å². The van der Waals surface area contributed by atoms with Crippen molar-refractivity contribution >= 4 is 23.2 Å². The van der Waals surface area contributed by atoms with Gasteiger partial charge in [-0.25, -0.2) is 8.78 Å². The monoisotopic (exact) mass is 219 g/mol. The zero-order valence-electron chi connectivity index (χ0n) is 7.14. The van der Waals surface area contributed by atoms with E-state index in [1.807, 2.05) is 0 Å². The lowest BCUT2D eigenvalue weighted by Crippen LogP contribution is -2.12. The minimum absolute atomic E-state index is 0.127. The van der Waals surface area contributed by atoms with Crippen LogP contribution in [0.2, 0.25) is 0 Å². The topological polar surface area (TPSA) is 29.1 Å². The maximum atomic E-state index is 12.2. The second-order valence-electron chi connectivity index (χ2n) is 2.61. The Kier molecular flexibility index (Phi) is 3.83. The number of amides is 1. The molecule has 1 aromatic carbocycles. The molecule has 0 aliphatic heterocycles. The summed E-state index contributed by atoms with van der Waals surface area (Å²) in [7, 11) is 0. The SMILES string of the molecule is O=C(CCl)Nc1cccc(C(F)F)c1. The third kappa shape index (κ3) is 2.96. The lowest BCUT2D eigenvalue weighted by Gasteiger charge is -2.05. The second-order valence-corrected chi connectivity index (χ2v) is 2.88. The summed E-state index contributed by atoms with van der Waals surface area (Å²) in [6.07, 6.45) is -2.54. The maximum absolute atomic E-state index is 12.2. The Bertz CT molecular complexity index is 330. The van der Waals surface area contributed by atoms with E-state index in [2.05, 4.69) is 5.32 Å². The Morgan fingerprint density at radius 1 is 1.50 bits per heavy atom. The number of alkyl halides is 3. The van der Waals surface area contributed by atoms with E-state index < -0.39 is 12.3 Å². The average molecular weight is 220 g/mol. The number of hydrogen-bond donors (Lipinski definition) is 1. The molecule has 0 saturated heterocycles. The number of hydrogen-bond acceptors (Lipinski definition) is 1. The Labute approximate surface area is 84.9 Å². The van der Waals surface area contributed by atoms with E-state index in [4.69, 9.17) is 11.6 Å². The molecule has 5 heteroatoms. The number of benzene rings is 1. The number of carbonyl (C=O) groups is 1. The first-order valence-corrected chi connectivity index (χ1v) is 4.41. The Hall–Kier alpha value is -1.16. The molecule has 1 aromatic rings. The molecule has 0 aliphatic carbocycles. The van der Waals surface area contributed by atoms with Crippen molar-refractivity contribution < 1.29 is 13.6 Å². The van der Waals surface area contributed by atoms with Gasteiger partial charge in [0, 0.05) is 11.3 Å². The van der Waals surface area contributed by atoms with Crippen molar-refractivity contribution in [3.05, 3.63) is 29.8 Å². The molecule has 1 rings (SSSR count). The van der Waals surface area contributed by atoms with Crippen LogP contribution in [0.25, 0.3) is 0 Å². The second kappa shape index (κ2) is 4.91. The zero-order chi connectivity index (χ0) is 10.6. The zero-order valence-corrected chi connectivity index (χ0v) is 7.89. The Balaban J connectivity index is 2.78. The van der Waals surface area contributed by atoms with Crippen molar-refractivity contribution in [1.82, 2.24) is 0 Å². The van der Waals surface area contributed by atoms with Gasteiger partial charge in [0.05, 0.1) is 0 Å². The molecule has 1 N–H and O–H groups in total. The first-order valence-electron chi connectivity index (χ1n) is 3.87. The summed E-state index contributed by atoms with van der Waals surface area (Å²) in [6.45, 7) is 0. The first-order chi connectivity index (χ1) is 6.63. The fourth-order valence-electron chi connectivity index (χ4n) is 0.947. The van der Waals surface area contributed by atoms with Crippen LogP contribution < -0.4 is 5.32 Å². The minimum atomic E-state index is -2.54. The van der Waals surface area contributed by atoms with Gasteiger partial charge in [-0.3, -0.25) is 4.79 Å². The predicted molar refractivity (Wildman–Crippen MR) is 50.7 cm³/mol. The Morgan fingerprint density at radius 3 is 2.79 bits per heavy atom. The fourth-order valence-corrected chi connectivity index (χ4v) is 1.01. The van der Waals surface area contributed by atoms with Gasteiger partial charge in [-0.15, -0.1) is 11.6 Å². The number of carbonyl (C=O) groups excluding carboxylic acids is 1. The molecule has 0 bridgehead atoms. The summed E-state index contributed by atoms with van der Waals surface area (Å²) >= 11 is 5.24. The highest BCUT2D eigenvalue weighted by Crippen LogP contribution is 2.21. The Morgan fingerprint density at radius 2 is 2.21 bits per heavy atom. The molecule has 0 heterocycles. The van der Waals surface area contributed by atoms with Crippen molar-refractivity contribution in [3.63, 3.8) is 0 Å². The van der Waals surface area contributed by atoms with Crippen LogP contribution in [0, 0.1) is 0 Å². The molecule has 76 valence electrons. The molecule has 0 fully saturated rings. The fraction of sp³-hybridized carbons (Fsp3) is 0.222. The summed E-state index contributed by atoms with van der Waals surface area (Å²) in [5.41, 5.74) is 0.200. The highest BCUT2D eigenvalue weighted by Gasteiger charge is 2.07. The standard InChI is InChI=1S/C9H8ClF2NO/c10-5-8(14)13-7-3-1-2-6(4-7)9(11)12/h1-4,9H,5H2,(H,13,14). The molecule has 0 radical (unpaired) electrons. The first kappa shape index (κ1) is 10.9. The van der Waals surface area contributed by atoms with Crippen molar-refractivity contribution in [3.8, 4) is 0 Å². The highest BCUT2D eigenvalue weighted by atomic mass is 35.5. The summed E-state index contributed by atoms with van der Waals surface area (Å²) in [5.74, 6) is -0.614. The van der Waals surface area contributed by atoms with Gasteiger partial charge in [0.25, 0.3) is 6.43 Å². The summed E-state index contributed by atoms with van der Waals surface area (Å²) < 4.78 is 24.5. The van der Waals surface area contributed by atoms with Gasteiger partial charge >= 0.3 is 0 Å². The van der Waals surface area contributed by atoms with Crippen LogP contribution in [-0.2, 0) is 4.79 Å². The number of halogens is 3. The molecule has 14 heavy (non-hydrogen) atoms. The number of anilines is 1. The maximum Gasteiger partial charge on any atom is 0.263 e. The molecule has 0 aliphatic rings. The van der Waals surface area contributed by atoms with Gasteiger partial charge in [-0.2, -0.15) is 0 Å².